The molecule has 0 saturated carbocycles. The Bertz CT molecular complexity index is 714. The molecule has 1 fully saturated rings. The lowest BCUT2D eigenvalue weighted by Crippen LogP contribution is -2.35. The van der Waals surface area contributed by atoms with Crippen molar-refractivity contribution in [1.82, 2.24) is 20.0 Å². The van der Waals surface area contributed by atoms with Crippen molar-refractivity contribution in [3.8, 4) is 0 Å². The zero-order chi connectivity index (χ0) is 17.3. The van der Waals surface area contributed by atoms with E-state index in [1.165, 1.54) is 4.90 Å². The number of hydrogen-bond acceptors (Lipinski definition) is 7. The predicted octanol–water partition coefficient (Wildman–Crippen LogP) is 1.18. The number of aliphatic hydroxyl groups excluding tert-OH is 1. The third-order valence-electron chi connectivity index (χ3n) is 3.83. The first-order valence-corrected chi connectivity index (χ1v) is 7.63. The average molecular weight is 332 g/mol. The van der Waals surface area contributed by atoms with Gasteiger partial charge in [-0.2, -0.15) is 4.98 Å². The maximum Gasteiger partial charge on any atom is 0.322 e. The first kappa shape index (κ1) is 16.2. The van der Waals surface area contributed by atoms with Gasteiger partial charge in [0.15, 0.2) is 5.82 Å². The van der Waals surface area contributed by atoms with Crippen LogP contribution >= 0.6 is 0 Å². The molecule has 3 rings (SSSR count). The van der Waals surface area contributed by atoms with E-state index in [9.17, 15) is 9.90 Å². The summed E-state index contributed by atoms with van der Waals surface area (Å²) < 4.78 is 5.16. The fourth-order valence-electron chi connectivity index (χ4n) is 2.64. The van der Waals surface area contributed by atoms with Crippen molar-refractivity contribution in [2.75, 3.05) is 30.9 Å². The van der Waals surface area contributed by atoms with Crippen molar-refractivity contribution >= 4 is 17.5 Å². The molecule has 0 aliphatic carbocycles. The predicted molar refractivity (Wildman–Crippen MR) is 86.7 cm³/mol. The number of rotatable bonds is 3. The summed E-state index contributed by atoms with van der Waals surface area (Å²) in [4.78, 5) is 24.3. The maximum absolute atomic E-state index is 12.5. The number of urea groups is 1. The number of β-amino-alcohol motifs (C(OH)–C–C–N with tert-alkyl or cyclic N) is 1. The molecule has 0 bridgehead atoms. The fraction of sp³-hybridized carbons (Fsp3) is 0.467. The van der Waals surface area contributed by atoms with Crippen LogP contribution in [0.5, 0.6) is 0 Å². The first-order chi connectivity index (χ1) is 11.4. The minimum atomic E-state index is -0.623. The van der Waals surface area contributed by atoms with Gasteiger partial charge in [0.1, 0.15) is 11.9 Å². The molecule has 9 nitrogen and oxygen atoms in total. The molecule has 24 heavy (non-hydrogen) atoms. The SMILES string of the molecule is Cc1noc([C@H]2C[C@@H](O)CN2C(=O)Nc2ccc(N(C)C)nc2)n1. The van der Waals surface area contributed by atoms with Crippen molar-refractivity contribution in [3.05, 3.63) is 30.0 Å². The quantitative estimate of drug-likeness (QED) is 0.869. The van der Waals surface area contributed by atoms with Gasteiger partial charge in [0.25, 0.3) is 0 Å². The Labute approximate surface area is 139 Å². The number of anilines is 2. The highest BCUT2D eigenvalue weighted by Gasteiger charge is 2.38. The second-order valence-corrected chi connectivity index (χ2v) is 5.97. The van der Waals surface area contributed by atoms with E-state index in [1.807, 2.05) is 25.1 Å². The van der Waals surface area contributed by atoms with Crippen LogP contribution in [0.2, 0.25) is 0 Å². The molecule has 1 aliphatic heterocycles. The molecule has 1 aliphatic rings. The van der Waals surface area contributed by atoms with Crippen LogP contribution in [0.3, 0.4) is 0 Å². The highest BCUT2D eigenvalue weighted by Crippen LogP contribution is 2.31. The largest absolute Gasteiger partial charge is 0.391 e. The molecule has 2 N–H and O–H groups in total. The standard InChI is InChI=1S/C15H20N6O3/c1-9-17-14(24-19-9)12-6-11(22)8-21(12)15(23)18-10-4-5-13(16-7-10)20(2)3/h4-5,7,11-12,22H,6,8H2,1-3H3,(H,18,23)/t11-,12-/m1/s1. The zero-order valence-corrected chi connectivity index (χ0v) is 13.8. The van der Waals surface area contributed by atoms with Crippen molar-refractivity contribution in [1.29, 1.82) is 0 Å². The lowest BCUT2D eigenvalue weighted by atomic mass is 10.2. The number of carbonyl (C=O) groups excluding carboxylic acids is 1. The van der Waals surface area contributed by atoms with Gasteiger partial charge in [0.2, 0.25) is 5.89 Å². The topological polar surface area (TPSA) is 108 Å². The van der Waals surface area contributed by atoms with E-state index in [0.29, 0.717) is 23.8 Å². The second kappa shape index (κ2) is 6.44. The molecule has 2 aromatic heterocycles. The number of amides is 2. The summed E-state index contributed by atoms with van der Waals surface area (Å²) in [6.45, 7) is 1.92. The smallest absolute Gasteiger partial charge is 0.322 e. The summed E-state index contributed by atoms with van der Waals surface area (Å²) in [6, 6.07) is 2.81. The molecular weight excluding hydrogens is 312 g/mol. The molecule has 9 heteroatoms. The van der Waals surface area contributed by atoms with Gasteiger partial charge in [-0.3, -0.25) is 0 Å². The molecule has 2 amide bonds. The highest BCUT2D eigenvalue weighted by molar-refractivity contribution is 5.89. The van der Waals surface area contributed by atoms with E-state index >= 15 is 0 Å². The highest BCUT2D eigenvalue weighted by atomic mass is 16.5. The second-order valence-electron chi connectivity index (χ2n) is 5.97. The molecule has 0 spiro atoms. The van der Waals surface area contributed by atoms with Gasteiger partial charge in [-0.1, -0.05) is 5.16 Å². The van der Waals surface area contributed by atoms with Gasteiger partial charge in [0, 0.05) is 27.1 Å². The number of hydrogen-bond donors (Lipinski definition) is 2. The Morgan fingerprint density at radius 1 is 1.46 bits per heavy atom. The molecular formula is C15H20N6O3. The normalized spacial score (nSPS) is 20.2. The van der Waals surface area contributed by atoms with Gasteiger partial charge in [-0.05, 0) is 19.1 Å². The Balaban J connectivity index is 1.73. The molecule has 1 saturated heterocycles. The molecule has 0 unspecified atom stereocenters. The molecule has 2 atom stereocenters. The van der Waals surface area contributed by atoms with Crippen LogP contribution in [0, 0.1) is 6.92 Å². The van der Waals surface area contributed by atoms with E-state index in [2.05, 4.69) is 20.4 Å². The van der Waals surface area contributed by atoms with Crippen LogP contribution in [0.15, 0.2) is 22.9 Å². The number of likely N-dealkylation sites (tertiary alicyclic amines) is 1. The molecule has 0 radical (unpaired) electrons. The first-order valence-electron chi connectivity index (χ1n) is 7.63. The third-order valence-corrected chi connectivity index (χ3v) is 3.83. The summed E-state index contributed by atoms with van der Waals surface area (Å²) in [5.41, 5.74) is 0.576. The lowest BCUT2D eigenvalue weighted by molar-refractivity contribution is 0.174. The molecule has 128 valence electrons. The van der Waals surface area contributed by atoms with E-state index in [0.717, 1.165) is 5.82 Å². The third kappa shape index (κ3) is 3.30. The Hall–Kier alpha value is -2.68. The Morgan fingerprint density at radius 2 is 2.25 bits per heavy atom. The lowest BCUT2D eigenvalue weighted by Gasteiger charge is -2.22. The van der Waals surface area contributed by atoms with Crippen molar-refractivity contribution in [3.63, 3.8) is 0 Å². The van der Waals surface area contributed by atoms with Crippen LogP contribution in [0.1, 0.15) is 24.2 Å². The van der Waals surface area contributed by atoms with Crippen molar-refractivity contribution in [2.24, 2.45) is 0 Å². The van der Waals surface area contributed by atoms with Gasteiger partial charge < -0.3 is 24.7 Å². The average Bonchev–Trinajstić information content (AvgIpc) is 3.13. The van der Waals surface area contributed by atoms with E-state index in [4.69, 9.17) is 4.52 Å². The molecule has 3 heterocycles. The van der Waals surface area contributed by atoms with Gasteiger partial charge in [0.05, 0.1) is 18.0 Å². The number of carbonyl (C=O) groups is 1. The van der Waals surface area contributed by atoms with Crippen LogP contribution in [-0.4, -0.2) is 57.9 Å². The number of aryl methyl sites for hydroxylation is 1. The van der Waals surface area contributed by atoms with Crippen molar-refractivity contribution in [2.45, 2.75) is 25.5 Å². The van der Waals surface area contributed by atoms with Crippen LogP contribution in [0.25, 0.3) is 0 Å². The summed E-state index contributed by atoms with van der Waals surface area (Å²) in [5.74, 6) is 1.62. The molecule has 0 aromatic carbocycles. The molecule has 2 aromatic rings. The van der Waals surface area contributed by atoms with Gasteiger partial charge in [-0.25, -0.2) is 9.78 Å². The summed E-state index contributed by atoms with van der Waals surface area (Å²) in [5, 5.41) is 16.5. The Kier molecular flexibility index (Phi) is 4.34. The minimum absolute atomic E-state index is 0.209. The van der Waals surface area contributed by atoms with Gasteiger partial charge in [-0.15, -0.1) is 0 Å². The number of pyridine rings is 1. The van der Waals surface area contributed by atoms with E-state index < -0.39 is 12.1 Å². The number of aromatic nitrogens is 3. The Morgan fingerprint density at radius 3 is 2.83 bits per heavy atom. The number of nitrogens with zero attached hydrogens (tertiary/aromatic N) is 5. The number of nitrogens with one attached hydrogen (secondary N) is 1. The summed E-state index contributed by atoms with van der Waals surface area (Å²) in [6.07, 6.45) is 1.33. The van der Waals surface area contributed by atoms with E-state index in [-0.39, 0.29) is 12.6 Å². The number of aliphatic hydroxyl groups is 1. The zero-order valence-electron chi connectivity index (χ0n) is 13.8. The minimum Gasteiger partial charge on any atom is -0.391 e. The maximum atomic E-state index is 12.5. The van der Waals surface area contributed by atoms with Crippen LogP contribution in [0.4, 0.5) is 16.3 Å². The van der Waals surface area contributed by atoms with Gasteiger partial charge >= 0.3 is 6.03 Å². The van der Waals surface area contributed by atoms with Crippen molar-refractivity contribution < 1.29 is 14.4 Å². The van der Waals surface area contributed by atoms with Crippen LogP contribution in [-0.2, 0) is 0 Å². The monoisotopic (exact) mass is 332 g/mol. The van der Waals surface area contributed by atoms with Crippen LogP contribution < -0.4 is 10.2 Å². The van der Waals surface area contributed by atoms with E-state index in [1.54, 1.807) is 19.2 Å². The fourth-order valence-corrected chi connectivity index (χ4v) is 2.64. The summed E-state index contributed by atoms with van der Waals surface area (Å²) in [7, 11) is 3.78. The summed E-state index contributed by atoms with van der Waals surface area (Å²) >= 11 is 0.